The molecule has 5 rings (SSSR count). The van der Waals surface area contributed by atoms with Crippen LogP contribution in [0.2, 0.25) is 0 Å². The first kappa shape index (κ1) is 28.4. The Bertz CT molecular complexity index is 1600. The zero-order valence-electron chi connectivity index (χ0n) is 23.7. The Morgan fingerprint density at radius 2 is 1.90 bits per heavy atom. The van der Waals surface area contributed by atoms with Crippen molar-refractivity contribution in [3.8, 4) is 5.75 Å². The van der Waals surface area contributed by atoms with Crippen LogP contribution >= 0.6 is 11.8 Å². The number of benzene rings is 3. The van der Waals surface area contributed by atoms with E-state index in [1.54, 1.807) is 16.8 Å². The van der Waals surface area contributed by atoms with Crippen LogP contribution in [-0.4, -0.2) is 27.3 Å². The van der Waals surface area contributed by atoms with Gasteiger partial charge in [0.1, 0.15) is 17.6 Å². The molecule has 9 heteroatoms. The molecule has 2 N–H and O–H groups in total. The lowest BCUT2D eigenvalue weighted by Crippen LogP contribution is -2.31. The van der Waals surface area contributed by atoms with Crippen LogP contribution in [0, 0.1) is 19.7 Å². The first-order chi connectivity index (χ1) is 19.9. The van der Waals surface area contributed by atoms with E-state index in [1.807, 2.05) is 69.3 Å². The number of carbonyl (C=O) groups excluding carboxylic acids is 1. The highest BCUT2D eigenvalue weighted by Crippen LogP contribution is 2.38. The lowest BCUT2D eigenvalue weighted by Gasteiger charge is -2.29. The summed E-state index contributed by atoms with van der Waals surface area (Å²) in [4.78, 5) is 18.6. The van der Waals surface area contributed by atoms with Crippen LogP contribution < -0.4 is 15.4 Å². The summed E-state index contributed by atoms with van der Waals surface area (Å²) in [5.74, 6) is 1.14. The van der Waals surface area contributed by atoms with E-state index in [2.05, 4.69) is 17.6 Å². The number of nitrogens with zero attached hydrogens (tertiary/aromatic N) is 3. The number of carbonyl (C=O) groups is 1. The summed E-state index contributed by atoms with van der Waals surface area (Å²) in [6.07, 6.45) is 1.99. The molecular weight excluding hydrogens is 537 g/mol. The van der Waals surface area contributed by atoms with E-state index < -0.39 is 6.04 Å². The van der Waals surface area contributed by atoms with Gasteiger partial charge in [-0.15, -0.1) is 5.10 Å². The molecule has 0 fully saturated rings. The molecule has 212 valence electrons. The Labute approximate surface area is 244 Å². The number of halogens is 1. The minimum atomic E-state index is -0.554. The molecule has 2 heterocycles. The minimum Gasteiger partial charge on any atom is -0.494 e. The van der Waals surface area contributed by atoms with Crippen LogP contribution in [0.1, 0.15) is 55.0 Å². The average molecular weight is 572 g/mol. The van der Waals surface area contributed by atoms with E-state index in [-0.39, 0.29) is 11.7 Å². The van der Waals surface area contributed by atoms with Gasteiger partial charge in [0, 0.05) is 17.1 Å². The summed E-state index contributed by atoms with van der Waals surface area (Å²) in [6.45, 7) is 8.63. The monoisotopic (exact) mass is 571 g/mol. The normalized spacial score (nSPS) is 14.4. The SMILES string of the molecule is CCCCOc1cccc(C2C(C(=O)Nc3cccc(C)c3C)=C(C)Nc3nc(SCc4ccccc4F)nn32)c1. The zero-order valence-corrected chi connectivity index (χ0v) is 24.5. The highest BCUT2D eigenvalue weighted by molar-refractivity contribution is 7.98. The summed E-state index contributed by atoms with van der Waals surface area (Å²) >= 11 is 1.35. The molecule has 0 bridgehead atoms. The molecule has 1 unspecified atom stereocenters. The van der Waals surface area contributed by atoms with E-state index >= 15 is 0 Å². The second-order valence-electron chi connectivity index (χ2n) is 10.1. The number of hydrogen-bond donors (Lipinski definition) is 2. The maximum absolute atomic E-state index is 14.2. The van der Waals surface area contributed by atoms with Gasteiger partial charge < -0.3 is 15.4 Å². The molecule has 0 radical (unpaired) electrons. The van der Waals surface area contributed by atoms with E-state index in [0.717, 1.165) is 41.0 Å². The van der Waals surface area contributed by atoms with E-state index in [0.29, 0.717) is 40.3 Å². The molecule has 0 saturated carbocycles. The molecule has 4 aromatic rings. The molecule has 1 atom stereocenters. The third-order valence-corrected chi connectivity index (χ3v) is 8.07. The maximum Gasteiger partial charge on any atom is 0.255 e. The highest BCUT2D eigenvalue weighted by Gasteiger charge is 2.35. The number of ether oxygens (including phenoxy) is 1. The number of anilines is 2. The molecule has 1 aliphatic heterocycles. The van der Waals surface area contributed by atoms with Crippen molar-refractivity contribution in [2.24, 2.45) is 0 Å². The van der Waals surface area contributed by atoms with Crippen LogP contribution in [0.5, 0.6) is 5.75 Å². The number of fused-ring (bicyclic) bond motifs is 1. The topological polar surface area (TPSA) is 81.1 Å². The van der Waals surface area contributed by atoms with E-state index in [4.69, 9.17) is 14.8 Å². The predicted octanol–water partition coefficient (Wildman–Crippen LogP) is 7.43. The van der Waals surface area contributed by atoms with Gasteiger partial charge >= 0.3 is 0 Å². The van der Waals surface area contributed by atoms with Crippen molar-refractivity contribution in [3.05, 3.63) is 106 Å². The van der Waals surface area contributed by atoms with Crippen LogP contribution in [0.15, 0.2) is 83.2 Å². The molecule has 3 aromatic carbocycles. The van der Waals surface area contributed by atoms with Gasteiger partial charge in [-0.1, -0.05) is 67.6 Å². The van der Waals surface area contributed by atoms with Crippen molar-refractivity contribution in [1.29, 1.82) is 0 Å². The number of allylic oxidation sites excluding steroid dienone is 1. The van der Waals surface area contributed by atoms with Gasteiger partial charge in [0.2, 0.25) is 11.1 Å². The fraction of sp³-hybridized carbons (Fsp3) is 0.281. The molecule has 0 saturated heterocycles. The first-order valence-electron chi connectivity index (χ1n) is 13.8. The standard InChI is InChI=1S/C32H34FN5O2S/c1-5-6-17-40-25-14-10-13-23(18-25)29-28(30(39)35-27-16-9-11-20(2)21(27)3)22(4)34-31-36-32(37-38(29)31)41-19-24-12-7-8-15-26(24)33/h7-16,18,29H,5-6,17,19H2,1-4H3,(H,35,39)(H,34,36,37). The Morgan fingerprint density at radius 1 is 1.10 bits per heavy atom. The molecule has 1 aromatic heterocycles. The third kappa shape index (κ3) is 6.30. The van der Waals surface area contributed by atoms with E-state index in [9.17, 15) is 9.18 Å². The Hall–Kier alpha value is -4.11. The van der Waals surface area contributed by atoms with Gasteiger partial charge in [0.05, 0.1) is 12.2 Å². The number of aryl methyl sites for hydroxylation is 1. The molecule has 1 aliphatic rings. The Balaban J connectivity index is 1.51. The fourth-order valence-corrected chi connectivity index (χ4v) is 5.55. The number of rotatable bonds is 10. The Kier molecular flexibility index (Phi) is 8.73. The second kappa shape index (κ2) is 12.6. The van der Waals surface area contributed by atoms with Gasteiger partial charge in [-0.05, 0) is 73.7 Å². The quantitative estimate of drug-likeness (QED) is 0.152. The van der Waals surface area contributed by atoms with Gasteiger partial charge in [0.15, 0.2) is 0 Å². The van der Waals surface area contributed by atoms with Crippen molar-refractivity contribution < 1.29 is 13.9 Å². The smallest absolute Gasteiger partial charge is 0.255 e. The summed E-state index contributed by atoms with van der Waals surface area (Å²) in [5, 5.41) is 11.7. The van der Waals surface area contributed by atoms with Gasteiger partial charge in [0.25, 0.3) is 5.91 Å². The minimum absolute atomic E-state index is 0.229. The highest BCUT2D eigenvalue weighted by atomic mass is 32.2. The summed E-state index contributed by atoms with van der Waals surface area (Å²) in [7, 11) is 0. The molecule has 0 spiro atoms. The van der Waals surface area contributed by atoms with E-state index in [1.165, 1.54) is 17.8 Å². The number of hydrogen-bond acceptors (Lipinski definition) is 6. The molecule has 0 aliphatic carbocycles. The van der Waals surface area contributed by atoms with Crippen molar-refractivity contribution >= 4 is 29.3 Å². The summed E-state index contributed by atoms with van der Waals surface area (Å²) in [5.41, 5.74) is 5.51. The molecule has 1 amide bonds. The largest absolute Gasteiger partial charge is 0.494 e. The summed E-state index contributed by atoms with van der Waals surface area (Å²) < 4.78 is 22.0. The van der Waals surface area contributed by atoms with Crippen molar-refractivity contribution in [2.75, 3.05) is 17.2 Å². The van der Waals surface area contributed by atoms with Crippen LogP contribution in [-0.2, 0) is 10.5 Å². The zero-order chi connectivity index (χ0) is 28.9. The fourth-order valence-electron chi connectivity index (χ4n) is 4.74. The van der Waals surface area contributed by atoms with Gasteiger partial charge in [-0.25, -0.2) is 9.07 Å². The first-order valence-corrected chi connectivity index (χ1v) is 14.7. The van der Waals surface area contributed by atoms with Crippen molar-refractivity contribution in [3.63, 3.8) is 0 Å². The predicted molar refractivity (Wildman–Crippen MR) is 162 cm³/mol. The third-order valence-electron chi connectivity index (χ3n) is 7.19. The summed E-state index contributed by atoms with van der Waals surface area (Å²) in [6, 6.07) is 19.8. The van der Waals surface area contributed by atoms with Gasteiger partial charge in [-0.2, -0.15) is 4.98 Å². The number of amides is 1. The molecule has 41 heavy (non-hydrogen) atoms. The number of thioether (sulfide) groups is 1. The maximum atomic E-state index is 14.2. The van der Waals surface area contributed by atoms with Crippen LogP contribution in [0.4, 0.5) is 16.0 Å². The Morgan fingerprint density at radius 3 is 2.71 bits per heavy atom. The molecular formula is C32H34FN5O2S. The van der Waals surface area contributed by atoms with Crippen LogP contribution in [0.25, 0.3) is 0 Å². The number of aromatic nitrogens is 3. The second-order valence-corrected chi connectivity index (χ2v) is 11.0. The number of unbranched alkanes of at least 4 members (excludes halogenated alkanes) is 1. The lowest BCUT2D eigenvalue weighted by molar-refractivity contribution is -0.113. The number of nitrogens with one attached hydrogen (secondary N) is 2. The van der Waals surface area contributed by atoms with Crippen molar-refractivity contribution in [1.82, 2.24) is 14.8 Å². The average Bonchev–Trinajstić information content (AvgIpc) is 3.37. The van der Waals surface area contributed by atoms with Crippen LogP contribution in [0.3, 0.4) is 0 Å². The van der Waals surface area contributed by atoms with Gasteiger partial charge in [-0.3, -0.25) is 4.79 Å². The lowest BCUT2D eigenvalue weighted by atomic mass is 9.94. The van der Waals surface area contributed by atoms with Crippen molar-refractivity contribution in [2.45, 2.75) is 57.5 Å². The molecule has 7 nitrogen and oxygen atoms in total.